The van der Waals surface area contributed by atoms with Crippen LogP contribution in [0.15, 0.2) is 18.3 Å². The van der Waals surface area contributed by atoms with Gasteiger partial charge in [-0.3, -0.25) is 4.79 Å². The lowest BCUT2D eigenvalue weighted by Crippen LogP contribution is -2.44. The van der Waals surface area contributed by atoms with Crippen molar-refractivity contribution in [3.8, 4) is 0 Å². The highest BCUT2D eigenvalue weighted by atomic mass is 16.1. The van der Waals surface area contributed by atoms with E-state index in [1.165, 1.54) is 38.5 Å². The third kappa shape index (κ3) is 3.56. The van der Waals surface area contributed by atoms with Gasteiger partial charge in [0.1, 0.15) is 0 Å². The first-order chi connectivity index (χ1) is 11.7. The predicted molar refractivity (Wildman–Crippen MR) is 96.2 cm³/mol. The van der Waals surface area contributed by atoms with Crippen LogP contribution < -0.4 is 15.5 Å². The number of anilines is 2. The van der Waals surface area contributed by atoms with E-state index in [1.807, 2.05) is 18.3 Å². The lowest BCUT2D eigenvalue weighted by molar-refractivity contribution is -0.117. The molecule has 1 atom stereocenters. The number of carbonyl (C=O) groups excluding carboxylic acids is 1. The number of amides is 1. The summed E-state index contributed by atoms with van der Waals surface area (Å²) in [7, 11) is 0. The zero-order chi connectivity index (χ0) is 16.4. The molecule has 1 aromatic heterocycles. The molecular weight excluding hydrogens is 300 g/mol. The van der Waals surface area contributed by atoms with Gasteiger partial charge in [-0.15, -0.1) is 0 Å². The minimum Gasteiger partial charge on any atom is -0.352 e. The summed E-state index contributed by atoms with van der Waals surface area (Å²) in [5.41, 5.74) is 1.49. The molecule has 0 aromatic carbocycles. The second-order valence-corrected chi connectivity index (χ2v) is 7.83. The Morgan fingerprint density at radius 2 is 2.17 bits per heavy atom. The molecule has 3 aliphatic rings. The van der Waals surface area contributed by atoms with Gasteiger partial charge in [-0.05, 0) is 55.6 Å². The van der Waals surface area contributed by atoms with Crippen molar-refractivity contribution in [2.45, 2.75) is 44.9 Å². The molecule has 1 saturated heterocycles. The van der Waals surface area contributed by atoms with Crippen molar-refractivity contribution in [1.29, 1.82) is 0 Å². The van der Waals surface area contributed by atoms with Crippen LogP contribution in [0.4, 0.5) is 11.5 Å². The third-order valence-corrected chi connectivity index (χ3v) is 5.95. The van der Waals surface area contributed by atoms with Gasteiger partial charge in [-0.25, -0.2) is 4.98 Å². The van der Waals surface area contributed by atoms with Crippen molar-refractivity contribution < 1.29 is 4.79 Å². The van der Waals surface area contributed by atoms with Crippen LogP contribution >= 0.6 is 0 Å². The molecule has 4 rings (SSSR count). The SMILES string of the molecule is O=C(CC1CCCC2(CC2)C1)Nc1cccnc1N1CCNCC1. The van der Waals surface area contributed by atoms with E-state index in [1.54, 1.807) is 0 Å². The quantitative estimate of drug-likeness (QED) is 0.892. The van der Waals surface area contributed by atoms with Crippen LogP contribution in [-0.2, 0) is 4.79 Å². The molecule has 2 heterocycles. The van der Waals surface area contributed by atoms with E-state index in [0.29, 0.717) is 17.8 Å². The molecule has 5 heteroatoms. The van der Waals surface area contributed by atoms with Gasteiger partial charge in [0.15, 0.2) is 5.82 Å². The molecular formula is C19H28N4O. The Balaban J connectivity index is 1.38. The second-order valence-electron chi connectivity index (χ2n) is 7.83. The van der Waals surface area contributed by atoms with Gasteiger partial charge >= 0.3 is 0 Å². The summed E-state index contributed by atoms with van der Waals surface area (Å²) in [5.74, 6) is 1.64. The monoisotopic (exact) mass is 328 g/mol. The van der Waals surface area contributed by atoms with Crippen LogP contribution in [0, 0.1) is 11.3 Å². The molecule has 1 aliphatic heterocycles. The standard InChI is InChI=1S/C19H28N4O/c24-17(13-15-3-1-5-19(14-15)6-7-19)22-16-4-2-8-21-18(16)23-11-9-20-10-12-23/h2,4,8,15,20H,1,3,5-7,9-14H2,(H,22,24). The normalized spacial score (nSPS) is 25.5. The van der Waals surface area contributed by atoms with E-state index in [9.17, 15) is 4.79 Å². The lowest BCUT2D eigenvalue weighted by Gasteiger charge is -2.30. The predicted octanol–water partition coefficient (Wildman–Crippen LogP) is 2.79. The highest BCUT2D eigenvalue weighted by molar-refractivity contribution is 5.93. The number of aromatic nitrogens is 1. The molecule has 1 aromatic rings. The summed E-state index contributed by atoms with van der Waals surface area (Å²) < 4.78 is 0. The van der Waals surface area contributed by atoms with Crippen LogP contribution in [0.3, 0.4) is 0 Å². The summed E-state index contributed by atoms with van der Waals surface area (Å²) in [6.45, 7) is 3.80. The van der Waals surface area contributed by atoms with Crippen LogP contribution in [0.2, 0.25) is 0 Å². The Morgan fingerprint density at radius 3 is 2.96 bits per heavy atom. The van der Waals surface area contributed by atoms with E-state index in [4.69, 9.17) is 0 Å². The zero-order valence-corrected chi connectivity index (χ0v) is 14.4. The van der Waals surface area contributed by atoms with Crippen molar-refractivity contribution in [2.24, 2.45) is 11.3 Å². The van der Waals surface area contributed by atoms with Gasteiger partial charge in [0.25, 0.3) is 0 Å². The van der Waals surface area contributed by atoms with Crippen LogP contribution in [-0.4, -0.2) is 37.1 Å². The van der Waals surface area contributed by atoms with Gasteiger partial charge in [0.2, 0.25) is 5.91 Å². The first-order valence-electron chi connectivity index (χ1n) is 9.45. The molecule has 3 fully saturated rings. The van der Waals surface area contributed by atoms with Gasteiger partial charge in [-0.1, -0.05) is 6.42 Å². The molecule has 1 spiro atoms. The fraction of sp³-hybridized carbons (Fsp3) is 0.684. The molecule has 2 saturated carbocycles. The maximum atomic E-state index is 12.6. The largest absolute Gasteiger partial charge is 0.352 e. The Kier molecular flexibility index (Phi) is 4.44. The van der Waals surface area contributed by atoms with Crippen molar-refractivity contribution in [2.75, 3.05) is 36.4 Å². The maximum Gasteiger partial charge on any atom is 0.224 e. The zero-order valence-electron chi connectivity index (χ0n) is 14.4. The molecule has 130 valence electrons. The Bertz CT molecular complexity index is 593. The van der Waals surface area contributed by atoms with E-state index in [0.717, 1.165) is 37.7 Å². The number of nitrogens with zero attached hydrogens (tertiary/aromatic N) is 2. The van der Waals surface area contributed by atoms with E-state index >= 15 is 0 Å². The number of rotatable bonds is 4. The molecule has 2 N–H and O–H groups in total. The average Bonchev–Trinajstić information content (AvgIpc) is 3.34. The van der Waals surface area contributed by atoms with Gasteiger partial charge in [0, 0.05) is 38.8 Å². The second kappa shape index (κ2) is 6.71. The smallest absolute Gasteiger partial charge is 0.224 e. The number of hydrogen-bond acceptors (Lipinski definition) is 4. The molecule has 24 heavy (non-hydrogen) atoms. The number of nitrogens with one attached hydrogen (secondary N) is 2. The number of pyridine rings is 1. The van der Waals surface area contributed by atoms with E-state index in [-0.39, 0.29) is 5.91 Å². The summed E-state index contributed by atoms with van der Waals surface area (Å²) in [6.07, 6.45) is 10.4. The number of piperazine rings is 1. The molecule has 0 radical (unpaired) electrons. The number of hydrogen-bond donors (Lipinski definition) is 2. The Morgan fingerprint density at radius 1 is 1.33 bits per heavy atom. The molecule has 1 amide bonds. The number of carbonyl (C=O) groups is 1. The first-order valence-corrected chi connectivity index (χ1v) is 9.45. The molecule has 5 nitrogen and oxygen atoms in total. The van der Waals surface area contributed by atoms with Crippen LogP contribution in [0.25, 0.3) is 0 Å². The average molecular weight is 328 g/mol. The van der Waals surface area contributed by atoms with E-state index in [2.05, 4.69) is 20.5 Å². The fourth-order valence-corrected chi connectivity index (χ4v) is 4.47. The van der Waals surface area contributed by atoms with Crippen molar-refractivity contribution >= 4 is 17.4 Å². The summed E-state index contributed by atoms with van der Waals surface area (Å²) in [6, 6.07) is 3.88. The highest BCUT2D eigenvalue weighted by Crippen LogP contribution is 2.58. The lowest BCUT2D eigenvalue weighted by atomic mass is 9.77. The van der Waals surface area contributed by atoms with Crippen molar-refractivity contribution in [3.63, 3.8) is 0 Å². The Hall–Kier alpha value is -1.62. The Labute approximate surface area is 144 Å². The third-order valence-electron chi connectivity index (χ3n) is 5.95. The molecule has 0 bridgehead atoms. The fourth-order valence-electron chi connectivity index (χ4n) is 4.47. The molecule has 1 unspecified atom stereocenters. The van der Waals surface area contributed by atoms with Crippen molar-refractivity contribution in [1.82, 2.24) is 10.3 Å². The summed E-state index contributed by atoms with van der Waals surface area (Å²) in [4.78, 5) is 19.4. The van der Waals surface area contributed by atoms with Crippen LogP contribution in [0.1, 0.15) is 44.9 Å². The minimum atomic E-state index is 0.155. The van der Waals surface area contributed by atoms with E-state index < -0.39 is 0 Å². The highest BCUT2D eigenvalue weighted by Gasteiger charge is 2.45. The van der Waals surface area contributed by atoms with Crippen LogP contribution in [0.5, 0.6) is 0 Å². The van der Waals surface area contributed by atoms with Gasteiger partial charge < -0.3 is 15.5 Å². The maximum absolute atomic E-state index is 12.6. The topological polar surface area (TPSA) is 57.3 Å². The summed E-state index contributed by atoms with van der Waals surface area (Å²) >= 11 is 0. The molecule has 2 aliphatic carbocycles. The summed E-state index contributed by atoms with van der Waals surface area (Å²) in [5, 5.41) is 6.50. The van der Waals surface area contributed by atoms with Gasteiger partial charge in [0.05, 0.1) is 5.69 Å². The van der Waals surface area contributed by atoms with Crippen molar-refractivity contribution in [3.05, 3.63) is 18.3 Å². The first kappa shape index (κ1) is 15.9. The van der Waals surface area contributed by atoms with Gasteiger partial charge in [-0.2, -0.15) is 0 Å². The minimum absolute atomic E-state index is 0.155.